The predicted octanol–water partition coefficient (Wildman–Crippen LogP) is 16.4. The molecule has 12 rings (SSSR count). The number of rotatable bonds is 7. The van der Waals surface area contributed by atoms with Gasteiger partial charge in [-0.3, -0.25) is 0 Å². The summed E-state index contributed by atoms with van der Waals surface area (Å²) < 4.78 is 6.65. The number of nitrogens with zero attached hydrogens (tertiary/aromatic N) is 2. The minimum Gasteiger partial charge on any atom is -0.455 e. The summed E-state index contributed by atoms with van der Waals surface area (Å²) in [7, 11) is 0. The van der Waals surface area contributed by atoms with Crippen LogP contribution < -0.4 is 0 Å². The Balaban J connectivity index is 1.05. The van der Waals surface area contributed by atoms with Crippen molar-refractivity contribution in [3.63, 3.8) is 0 Å². The van der Waals surface area contributed by atoms with Crippen molar-refractivity contribution < 1.29 is 4.42 Å². The quantitative estimate of drug-likeness (QED) is 0.161. The molecule has 11 aromatic rings. The number of hydrogen-bond donors (Lipinski definition) is 0. The minimum atomic E-state index is -0.0448. The van der Waals surface area contributed by atoms with E-state index in [4.69, 9.17) is 14.4 Å². The van der Waals surface area contributed by atoms with Gasteiger partial charge in [-0.2, -0.15) is 0 Å². The molecular weight excluding hydrogens is 777 g/mol. The van der Waals surface area contributed by atoms with Crippen LogP contribution in [0.15, 0.2) is 223 Å². The van der Waals surface area contributed by atoms with Crippen molar-refractivity contribution in [1.29, 1.82) is 0 Å². The molecule has 0 amide bonds. The highest BCUT2D eigenvalue weighted by Crippen LogP contribution is 2.50. The molecule has 64 heavy (non-hydrogen) atoms. The van der Waals surface area contributed by atoms with Gasteiger partial charge in [0.2, 0.25) is 0 Å². The standard InChI is InChI=1S/C61H42N2O/c1-61(2)54-29-13-11-25-50(54)53-37-42(31-32-55(53)61)41-21-15-22-43(33-41)56-38-57(63-60(62-56)40-19-7-4-8-20-40)46-35-44(48-24-10-9-23-47(48)39-17-5-3-6-18-39)34-45(36-46)49-27-16-28-52-51-26-12-14-30-58(51)64-59(49)52/h3-38H,1-2H3. The molecule has 3 heteroatoms. The summed E-state index contributed by atoms with van der Waals surface area (Å²) in [5.41, 5.74) is 20.7. The number of fused-ring (bicyclic) bond motifs is 6. The number of furan rings is 1. The van der Waals surface area contributed by atoms with E-state index in [1.807, 2.05) is 30.3 Å². The van der Waals surface area contributed by atoms with Crippen LogP contribution in [0.5, 0.6) is 0 Å². The molecule has 1 aliphatic rings. The molecular formula is C61H42N2O. The Kier molecular flexibility index (Phi) is 8.84. The van der Waals surface area contributed by atoms with E-state index in [9.17, 15) is 0 Å². The zero-order valence-electron chi connectivity index (χ0n) is 35.6. The second-order valence-electron chi connectivity index (χ2n) is 17.3. The summed E-state index contributed by atoms with van der Waals surface area (Å²) >= 11 is 0. The summed E-state index contributed by atoms with van der Waals surface area (Å²) in [6.07, 6.45) is 0. The van der Waals surface area contributed by atoms with Crippen molar-refractivity contribution in [3.05, 3.63) is 230 Å². The third-order valence-corrected chi connectivity index (χ3v) is 13.1. The van der Waals surface area contributed by atoms with Gasteiger partial charge in [-0.15, -0.1) is 0 Å². The van der Waals surface area contributed by atoms with Crippen molar-refractivity contribution in [2.75, 3.05) is 0 Å². The number of hydrogen-bond acceptors (Lipinski definition) is 3. The van der Waals surface area contributed by atoms with E-state index >= 15 is 0 Å². The van der Waals surface area contributed by atoms with Gasteiger partial charge < -0.3 is 4.42 Å². The summed E-state index contributed by atoms with van der Waals surface area (Å²) in [5.74, 6) is 0.672. The van der Waals surface area contributed by atoms with Crippen molar-refractivity contribution in [2.45, 2.75) is 19.3 Å². The van der Waals surface area contributed by atoms with Crippen LogP contribution in [0.3, 0.4) is 0 Å². The first-order chi connectivity index (χ1) is 31.5. The van der Waals surface area contributed by atoms with Crippen molar-refractivity contribution in [1.82, 2.24) is 9.97 Å². The van der Waals surface area contributed by atoms with E-state index in [1.165, 1.54) is 27.8 Å². The maximum Gasteiger partial charge on any atom is 0.160 e. The zero-order chi connectivity index (χ0) is 42.8. The van der Waals surface area contributed by atoms with E-state index in [0.717, 1.165) is 89.0 Å². The molecule has 0 spiro atoms. The summed E-state index contributed by atoms with van der Waals surface area (Å²) in [4.78, 5) is 10.7. The minimum absolute atomic E-state index is 0.0448. The van der Waals surface area contributed by atoms with Crippen molar-refractivity contribution in [3.8, 4) is 89.5 Å². The molecule has 0 unspecified atom stereocenters. The van der Waals surface area contributed by atoms with Gasteiger partial charge in [-0.1, -0.05) is 190 Å². The smallest absolute Gasteiger partial charge is 0.160 e. The van der Waals surface area contributed by atoms with Gasteiger partial charge >= 0.3 is 0 Å². The normalized spacial score (nSPS) is 12.7. The SMILES string of the molecule is CC1(C)c2ccccc2-c2cc(-c3cccc(-c4cc(-c5cc(-c6ccccc6-c6ccccc6)cc(-c6cccc7c6oc6ccccc67)c5)nc(-c5ccccc5)n4)c3)ccc21. The van der Waals surface area contributed by atoms with Crippen LogP contribution in [0.4, 0.5) is 0 Å². The average Bonchev–Trinajstić information content (AvgIpc) is 3.86. The van der Waals surface area contributed by atoms with Gasteiger partial charge in [0.15, 0.2) is 5.82 Å². The van der Waals surface area contributed by atoms with E-state index in [1.54, 1.807) is 0 Å². The molecule has 0 aliphatic heterocycles. The molecule has 0 N–H and O–H groups in total. The first-order valence-electron chi connectivity index (χ1n) is 22.0. The fraction of sp³-hybridized carbons (Fsp3) is 0.0492. The van der Waals surface area contributed by atoms with Crippen molar-refractivity contribution in [2.24, 2.45) is 0 Å². The lowest BCUT2D eigenvalue weighted by molar-refractivity contribution is 0.660. The molecule has 0 bridgehead atoms. The Hall–Kier alpha value is -8.14. The summed E-state index contributed by atoms with van der Waals surface area (Å²) in [6.45, 7) is 4.66. The molecule has 0 fully saturated rings. The van der Waals surface area contributed by atoms with Gasteiger partial charge in [-0.05, 0) is 104 Å². The van der Waals surface area contributed by atoms with Crippen LogP contribution in [0.1, 0.15) is 25.0 Å². The highest BCUT2D eigenvalue weighted by atomic mass is 16.3. The van der Waals surface area contributed by atoms with Crippen molar-refractivity contribution >= 4 is 21.9 Å². The number of aromatic nitrogens is 2. The highest BCUT2D eigenvalue weighted by molar-refractivity contribution is 6.10. The molecule has 3 nitrogen and oxygen atoms in total. The fourth-order valence-electron chi connectivity index (χ4n) is 9.88. The summed E-state index contributed by atoms with van der Waals surface area (Å²) in [6, 6.07) is 77.9. The predicted molar refractivity (Wildman–Crippen MR) is 265 cm³/mol. The average molecular weight is 819 g/mol. The Morgan fingerprint density at radius 2 is 0.844 bits per heavy atom. The topological polar surface area (TPSA) is 38.9 Å². The Morgan fingerprint density at radius 3 is 1.64 bits per heavy atom. The van der Waals surface area contributed by atoms with Gasteiger partial charge in [-0.25, -0.2) is 9.97 Å². The van der Waals surface area contributed by atoms with Gasteiger partial charge in [0.05, 0.1) is 11.4 Å². The molecule has 0 atom stereocenters. The second-order valence-corrected chi connectivity index (χ2v) is 17.3. The fourth-order valence-corrected chi connectivity index (χ4v) is 9.88. The second kappa shape index (κ2) is 15.0. The first kappa shape index (κ1) is 37.6. The lowest BCUT2D eigenvalue weighted by Crippen LogP contribution is -2.14. The van der Waals surface area contributed by atoms with Crippen LogP contribution in [0.2, 0.25) is 0 Å². The Morgan fingerprint density at radius 1 is 0.328 bits per heavy atom. The van der Waals surface area contributed by atoms with Crippen LogP contribution in [0.25, 0.3) is 111 Å². The van der Waals surface area contributed by atoms with E-state index in [-0.39, 0.29) is 5.41 Å². The van der Waals surface area contributed by atoms with E-state index < -0.39 is 0 Å². The Bertz CT molecular complexity index is 3580. The molecule has 0 saturated heterocycles. The molecule has 0 saturated carbocycles. The number of para-hydroxylation sites is 2. The van der Waals surface area contributed by atoms with Gasteiger partial charge in [0.1, 0.15) is 11.2 Å². The molecule has 0 radical (unpaired) electrons. The zero-order valence-corrected chi connectivity index (χ0v) is 35.6. The molecule has 9 aromatic carbocycles. The van der Waals surface area contributed by atoms with Crippen LogP contribution in [0, 0.1) is 0 Å². The third-order valence-electron chi connectivity index (χ3n) is 13.1. The van der Waals surface area contributed by atoms with Gasteiger partial charge in [0.25, 0.3) is 0 Å². The molecule has 2 aromatic heterocycles. The highest BCUT2D eigenvalue weighted by Gasteiger charge is 2.35. The van der Waals surface area contributed by atoms with Gasteiger partial charge in [0, 0.05) is 38.4 Å². The molecule has 2 heterocycles. The van der Waals surface area contributed by atoms with Crippen LogP contribution in [-0.2, 0) is 5.41 Å². The maximum atomic E-state index is 6.65. The van der Waals surface area contributed by atoms with Crippen LogP contribution in [-0.4, -0.2) is 9.97 Å². The molecule has 302 valence electrons. The monoisotopic (exact) mass is 818 g/mol. The van der Waals surface area contributed by atoms with Crippen LogP contribution >= 0.6 is 0 Å². The lowest BCUT2D eigenvalue weighted by atomic mass is 9.82. The number of benzene rings is 9. The largest absolute Gasteiger partial charge is 0.455 e. The summed E-state index contributed by atoms with van der Waals surface area (Å²) in [5, 5.41) is 2.20. The maximum absolute atomic E-state index is 6.65. The Labute approximate surface area is 373 Å². The van der Waals surface area contributed by atoms with E-state index in [2.05, 4.69) is 202 Å². The molecule has 1 aliphatic carbocycles. The third kappa shape index (κ3) is 6.36. The lowest BCUT2D eigenvalue weighted by Gasteiger charge is -2.21. The first-order valence-corrected chi connectivity index (χ1v) is 22.0. The van der Waals surface area contributed by atoms with E-state index in [0.29, 0.717) is 5.82 Å².